The number of fused-ring (bicyclic) bond motifs is 1. The van der Waals surface area contributed by atoms with Gasteiger partial charge in [-0.2, -0.15) is 0 Å². The molecule has 1 aromatic carbocycles. The van der Waals surface area contributed by atoms with Crippen LogP contribution < -0.4 is 0 Å². The van der Waals surface area contributed by atoms with Gasteiger partial charge in [-0.25, -0.2) is 9.59 Å². The van der Waals surface area contributed by atoms with E-state index in [1.165, 1.54) is 6.92 Å². The van der Waals surface area contributed by atoms with Gasteiger partial charge in [0.25, 0.3) is 0 Å². The van der Waals surface area contributed by atoms with E-state index in [2.05, 4.69) is 4.98 Å². The molecule has 0 aliphatic heterocycles. The fourth-order valence-corrected chi connectivity index (χ4v) is 1.93. The predicted octanol–water partition coefficient (Wildman–Crippen LogP) is 2.11. The van der Waals surface area contributed by atoms with Crippen LogP contribution in [0.3, 0.4) is 0 Å². The lowest BCUT2D eigenvalue weighted by molar-refractivity contribution is -0.140. The summed E-state index contributed by atoms with van der Waals surface area (Å²) in [4.78, 5) is 24.9. The van der Waals surface area contributed by atoms with E-state index in [-0.39, 0.29) is 5.57 Å². The molecule has 1 aromatic heterocycles. The Kier molecular flexibility index (Phi) is 2.89. The Hall–Kier alpha value is -2.56. The number of aromatic amines is 1. The monoisotopic (exact) mass is 245 g/mol. The first-order chi connectivity index (χ1) is 8.52. The zero-order valence-corrected chi connectivity index (χ0v) is 9.60. The average molecular weight is 245 g/mol. The first-order valence-electron chi connectivity index (χ1n) is 5.26. The number of nitrogens with one attached hydrogen (secondary N) is 1. The summed E-state index contributed by atoms with van der Waals surface area (Å²) in [6.45, 7) is 1.49. The van der Waals surface area contributed by atoms with E-state index < -0.39 is 17.5 Å². The maximum absolute atomic E-state index is 11.0. The van der Waals surface area contributed by atoms with E-state index in [1.807, 2.05) is 24.3 Å². The Morgan fingerprint density at radius 3 is 2.33 bits per heavy atom. The lowest BCUT2D eigenvalue weighted by Crippen LogP contribution is -2.13. The van der Waals surface area contributed by atoms with E-state index in [1.54, 1.807) is 6.20 Å². The summed E-state index contributed by atoms with van der Waals surface area (Å²) >= 11 is 0. The van der Waals surface area contributed by atoms with Crippen molar-refractivity contribution < 1.29 is 19.8 Å². The third kappa shape index (κ3) is 1.86. The molecule has 0 aliphatic carbocycles. The summed E-state index contributed by atoms with van der Waals surface area (Å²) < 4.78 is 0. The number of benzene rings is 1. The van der Waals surface area contributed by atoms with Crippen LogP contribution in [-0.2, 0) is 9.59 Å². The smallest absolute Gasteiger partial charge is 0.343 e. The second-order valence-electron chi connectivity index (χ2n) is 3.86. The van der Waals surface area contributed by atoms with Gasteiger partial charge in [0, 0.05) is 22.7 Å². The molecular weight excluding hydrogens is 234 g/mol. The maximum Gasteiger partial charge on any atom is 0.343 e. The van der Waals surface area contributed by atoms with Crippen molar-refractivity contribution in [3.05, 3.63) is 41.6 Å². The largest absolute Gasteiger partial charge is 0.477 e. The van der Waals surface area contributed by atoms with Crippen LogP contribution in [0.5, 0.6) is 0 Å². The normalized spacial score (nSPS) is 10.3. The molecule has 0 aliphatic rings. The molecule has 0 unspecified atom stereocenters. The molecule has 0 radical (unpaired) electrons. The van der Waals surface area contributed by atoms with Crippen molar-refractivity contribution in [1.29, 1.82) is 0 Å². The maximum atomic E-state index is 11.0. The van der Waals surface area contributed by atoms with Crippen molar-refractivity contribution in [3.8, 4) is 0 Å². The highest BCUT2D eigenvalue weighted by molar-refractivity contribution is 6.19. The summed E-state index contributed by atoms with van der Waals surface area (Å²) in [5, 5.41) is 18.7. The van der Waals surface area contributed by atoms with Crippen LogP contribution in [-0.4, -0.2) is 27.1 Å². The molecule has 0 amide bonds. The minimum atomic E-state index is -1.44. The topological polar surface area (TPSA) is 90.4 Å². The number of hydrogen-bond acceptors (Lipinski definition) is 2. The molecule has 0 saturated heterocycles. The molecule has 0 saturated carbocycles. The number of carboxylic acid groups (broad SMARTS) is 2. The molecule has 92 valence electrons. The standard InChI is InChI=1S/C13H11NO4/c1-7(11(12(15)16)13(17)18)9-6-14-10-5-3-2-4-8(9)10/h2-6,14H,1H3,(H,15,16)(H,17,18). The van der Waals surface area contributed by atoms with Crippen molar-refractivity contribution >= 4 is 28.4 Å². The number of H-pyrrole nitrogens is 1. The van der Waals surface area contributed by atoms with Gasteiger partial charge in [-0.1, -0.05) is 18.2 Å². The van der Waals surface area contributed by atoms with Gasteiger partial charge < -0.3 is 15.2 Å². The SMILES string of the molecule is CC(=C(C(=O)O)C(=O)O)c1c[nH]c2ccccc12. The molecule has 0 atom stereocenters. The van der Waals surface area contributed by atoms with Crippen LogP contribution >= 0.6 is 0 Å². The summed E-state index contributed by atoms with van der Waals surface area (Å²) in [5.74, 6) is -2.88. The molecule has 0 spiro atoms. The highest BCUT2D eigenvalue weighted by atomic mass is 16.4. The molecule has 1 heterocycles. The summed E-state index contributed by atoms with van der Waals surface area (Å²) in [6.07, 6.45) is 1.62. The van der Waals surface area contributed by atoms with Crippen molar-refractivity contribution in [2.24, 2.45) is 0 Å². The summed E-state index contributed by atoms with van der Waals surface area (Å²) in [6, 6.07) is 7.31. The number of carboxylic acids is 2. The van der Waals surface area contributed by atoms with Crippen LogP contribution in [0.1, 0.15) is 12.5 Å². The molecule has 2 aromatic rings. The zero-order valence-electron chi connectivity index (χ0n) is 9.60. The van der Waals surface area contributed by atoms with Gasteiger partial charge in [0.1, 0.15) is 5.57 Å². The van der Waals surface area contributed by atoms with Gasteiger partial charge in [0.05, 0.1) is 0 Å². The first kappa shape index (κ1) is 11.9. The first-order valence-corrected chi connectivity index (χ1v) is 5.26. The van der Waals surface area contributed by atoms with Crippen molar-refractivity contribution in [3.63, 3.8) is 0 Å². The highest BCUT2D eigenvalue weighted by Gasteiger charge is 2.21. The third-order valence-corrected chi connectivity index (χ3v) is 2.80. The van der Waals surface area contributed by atoms with Gasteiger partial charge in [-0.15, -0.1) is 0 Å². The van der Waals surface area contributed by atoms with Crippen LogP contribution in [0.25, 0.3) is 16.5 Å². The Balaban J connectivity index is 2.70. The van der Waals surface area contributed by atoms with Crippen LogP contribution in [0, 0.1) is 0 Å². The molecule has 2 rings (SSSR count). The molecule has 0 fully saturated rings. The van der Waals surface area contributed by atoms with Crippen molar-refractivity contribution in [1.82, 2.24) is 4.98 Å². The predicted molar refractivity (Wildman–Crippen MR) is 66.2 cm³/mol. The van der Waals surface area contributed by atoms with Crippen molar-refractivity contribution in [2.75, 3.05) is 0 Å². The van der Waals surface area contributed by atoms with Gasteiger partial charge in [0.2, 0.25) is 0 Å². The van der Waals surface area contributed by atoms with E-state index in [0.29, 0.717) is 5.56 Å². The number of allylic oxidation sites excluding steroid dienone is 1. The highest BCUT2D eigenvalue weighted by Crippen LogP contribution is 2.27. The minimum Gasteiger partial charge on any atom is -0.477 e. The fourth-order valence-electron chi connectivity index (χ4n) is 1.93. The molecule has 3 N–H and O–H groups in total. The van der Waals surface area contributed by atoms with Gasteiger partial charge in [-0.3, -0.25) is 0 Å². The van der Waals surface area contributed by atoms with Gasteiger partial charge in [-0.05, 0) is 18.6 Å². The van der Waals surface area contributed by atoms with Crippen LogP contribution in [0.2, 0.25) is 0 Å². The number of rotatable bonds is 3. The van der Waals surface area contributed by atoms with E-state index in [4.69, 9.17) is 10.2 Å². The van der Waals surface area contributed by atoms with Crippen LogP contribution in [0.15, 0.2) is 36.0 Å². The van der Waals surface area contributed by atoms with E-state index in [9.17, 15) is 9.59 Å². The van der Waals surface area contributed by atoms with E-state index >= 15 is 0 Å². The number of carbonyl (C=O) groups is 2. The fraction of sp³-hybridized carbons (Fsp3) is 0.0769. The lowest BCUT2D eigenvalue weighted by atomic mass is 10.0. The Morgan fingerprint density at radius 2 is 1.72 bits per heavy atom. The van der Waals surface area contributed by atoms with E-state index in [0.717, 1.165) is 10.9 Å². The Morgan fingerprint density at radius 1 is 1.11 bits per heavy atom. The second-order valence-corrected chi connectivity index (χ2v) is 3.86. The number of para-hydroxylation sites is 1. The number of aliphatic carboxylic acids is 2. The number of aromatic nitrogens is 1. The number of hydrogen-bond donors (Lipinski definition) is 3. The van der Waals surface area contributed by atoms with Crippen molar-refractivity contribution in [2.45, 2.75) is 6.92 Å². The molecule has 5 nitrogen and oxygen atoms in total. The summed E-state index contributed by atoms with van der Waals surface area (Å²) in [7, 11) is 0. The quantitative estimate of drug-likeness (QED) is 0.439. The third-order valence-electron chi connectivity index (χ3n) is 2.80. The average Bonchev–Trinajstić information content (AvgIpc) is 2.71. The lowest BCUT2D eigenvalue weighted by Gasteiger charge is -2.03. The van der Waals surface area contributed by atoms with Gasteiger partial charge >= 0.3 is 11.9 Å². The van der Waals surface area contributed by atoms with Crippen LogP contribution in [0.4, 0.5) is 0 Å². The molecular formula is C13H11NO4. The minimum absolute atomic E-state index is 0.229. The zero-order chi connectivity index (χ0) is 13.3. The van der Waals surface area contributed by atoms with Gasteiger partial charge in [0.15, 0.2) is 0 Å². The molecule has 5 heteroatoms. The Labute approximate surface area is 102 Å². The molecule has 0 bridgehead atoms. The summed E-state index contributed by atoms with van der Waals surface area (Å²) in [5.41, 5.74) is 1.04. The molecule has 18 heavy (non-hydrogen) atoms. The second kappa shape index (κ2) is 4.37. The Bertz CT molecular complexity index is 650.